The molecule has 26 heavy (non-hydrogen) atoms. The number of hydrogen-bond acceptors (Lipinski definition) is 4. The summed E-state index contributed by atoms with van der Waals surface area (Å²) in [6.07, 6.45) is 0. The lowest BCUT2D eigenvalue weighted by Crippen LogP contribution is -2.23. The van der Waals surface area contributed by atoms with Crippen LogP contribution >= 0.6 is 12.4 Å². The van der Waals surface area contributed by atoms with E-state index in [2.05, 4.69) is 47.4 Å². The standard InChI is InChI=1S/C21H28N2O2.ClH/c1-3-25-20-10-9-16(11-21(20)24-2)13-23-14-18(12-22)19(15-23)17-7-5-4-6-8-17;/h4-11,18-19H,3,12-15,22H2,1-2H3;1H/t18-,19+;/m1./s1. The quantitative estimate of drug-likeness (QED) is 0.800. The third-order valence-corrected chi connectivity index (χ3v) is 4.98. The summed E-state index contributed by atoms with van der Waals surface area (Å²) in [5, 5.41) is 0. The van der Waals surface area contributed by atoms with E-state index in [9.17, 15) is 0 Å². The second-order valence-corrected chi connectivity index (χ2v) is 6.63. The van der Waals surface area contributed by atoms with Gasteiger partial charge in [-0.15, -0.1) is 12.4 Å². The Morgan fingerprint density at radius 2 is 1.85 bits per heavy atom. The maximum Gasteiger partial charge on any atom is 0.161 e. The monoisotopic (exact) mass is 376 g/mol. The molecule has 0 bridgehead atoms. The lowest BCUT2D eigenvalue weighted by molar-refractivity contribution is 0.305. The molecule has 2 aromatic rings. The van der Waals surface area contributed by atoms with Crippen LogP contribution in [0.3, 0.4) is 0 Å². The molecular weight excluding hydrogens is 348 g/mol. The summed E-state index contributed by atoms with van der Waals surface area (Å²) in [6, 6.07) is 16.9. The van der Waals surface area contributed by atoms with Gasteiger partial charge in [-0.3, -0.25) is 4.90 Å². The Labute approximate surface area is 162 Å². The molecule has 0 unspecified atom stereocenters. The summed E-state index contributed by atoms with van der Waals surface area (Å²) in [5.41, 5.74) is 8.69. The summed E-state index contributed by atoms with van der Waals surface area (Å²) in [7, 11) is 1.69. The number of benzene rings is 2. The minimum absolute atomic E-state index is 0. The van der Waals surface area contributed by atoms with Gasteiger partial charge in [0, 0.05) is 25.6 Å². The average molecular weight is 377 g/mol. The SMILES string of the molecule is CCOc1ccc(CN2C[C@@H](CN)[C@H](c3ccccc3)C2)cc1OC.Cl. The maximum atomic E-state index is 6.05. The number of halogens is 1. The first kappa shape index (κ1) is 20.6. The van der Waals surface area contributed by atoms with E-state index in [1.807, 2.05) is 13.0 Å². The van der Waals surface area contributed by atoms with E-state index in [0.717, 1.165) is 37.7 Å². The van der Waals surface area contributed by atoms with Crippen molar-refractivity contribution in [2.24, 2.45) is 11.7 Å². The van der Waals surface area contributed by atoms with Crippen molar-refractivity contribution in [3.8, 4) is 11.5 Å². The lowest BCUT2D eigenvalue weighted by Gasteiger charge is -2.17. The minimum Gasteiger partial charge on any atom is -0.493 e. The minimum atomic E-state index is 0. The van der Waals surface area contributed by atoms with Crippen LogP contribution in [0.2, 0.25) is 0 Å². The largest absolute Gasteiger partial charge is 0.493 e. The highest BCUT2D eigenvalue weighted by Crippen LogP contribution is 2.34. The first-order valence-corrected chi connectivity index (χ1v) is 9.02. The van der Waals surface area contributed by atoms with Gasteiger partial charge in [0.1, 0.15) is 0 Å². The number of ether oxygens (including phenoxy) is 2. The Hall–Kier alpha value is -1.75. The molecule has 1 aliphatic rings. The van der Waals surface area contributed by atoms with E-state index >= 15 is 0 Å². The van der Waals surface area contributed by atoms with Crippen LogP contribution < -0.4 is 15.2 Å². The first-order chi connectivity index (χ1) is 12.2. The average Bonchev–Trinajstić information content (AvgIpc) is 3.06. The molecule has 5 heteroatoms. The summed E-state index contributed by atoms with van der Waals surface area (Å²) in [4.78, 5) is 2.49. The lowest BCUT2D eigenvalue weighted by atomic mass is 9.89. The van der Waals surface area contributed by atoms with Gasteiger partial charge in [0.05, 0.1) is 13.7 Å². The van der Waals surface area contributed by atoms with Crippen molar-refractivity contribution in [2.45, 2.75) is 19.4 Å². The van der Waals surface area contributed by atoms with Crippen molar-refractivity contribution >= 4 is 12.4 Å². The molecule has 0 saturated carbocycles. The highest BCUT2D eigenvalue weighted by atomic mass is 35.5. The molecular formula is C21H29ClN2O2. The Balaban J connectivity index is 0.00000243. The Morgan fingerprint density at radius 1 is 1.08 bits per heavy atom. The molecule has 0 radical (unpaired) electrons. The molecule has 1 saturated heterocycles. The fourth-order valence-corrected chi connectivity index (χ4v) is 3.75. The molecule has 1 aliphatic heterocycles. The van der Waals surface area contributed by atoms with Crippen molar-refractivity contribution in [3.05, 3.63) is 59.7 Å². The number of hydrogen-bond donors (Lipinski definition) is 1. The van der Waals surface area contributed by atoms with E-state index in [0.29, 0.717) is 18.4 Å². The molecule has 0 aliphatic carbocycles. The molecule has 1 heterocycles. The Bertz CT molecular complexity index is 681. The van der Waals surface area contributed by atoms with Gasteiger partial charge in [0.25, 0.3) is 0 Å². The molecule has 1 fully saturated rings. The number of likely N-dealkylation sites (tertiary alicyclic amines) is 1. The third-order valence-electron chi connectivity index (χ3n) is 4.98. The molecule has 0 spiro atoms. The molecule has 2 atom stereocenters. The summed E-state index contributed by atoms with van der Waals surface area (Å²) in [6.45, 7) is 6.32. The van der Waals surface area contributed by atoms with Gasteiger partial charge in [0.15, 0.2) is 11.5 Å². The van der Waals surface area contributed by atoms with Crippen molar-refractivity contribution in [3.63, 3.8) is 0 Å². The second-order valence-electron chi connectivity index (χ2n) is 6.63. The number of nitrogens with two attached hydrogens (primary N) is 1. The van der Waals surface area contributed by atoms with Crippen molar-refractivity contribution < 1.29 is 9.47 Å². The fourth-order valence-electron chi connectivity index (χ4n) is 3.75. The van der Waals surface area contributed by atoms with Gasteiger partial charge in [-0.25, -0.2) is 0 Å². The first-order valence-electron chi connectivity index (χ1n) is 9.02. The zero-order valence-corrected chi connectivity index (χ0v) is 16.4. The van der Waals surface area contributed by atoms with Crippen LogP contribution in [0.5, 0.6) is 11.5 Å². The summed E-state index contributed by atoms with van der Waals surface area (Å²) >= 11 is 0. The van der Waals surface area contributed by atoms with E-state index in [-0.39, 0.29) is 12.4 Å². The number of nitrogens with zero attached hydrogens (tertiary/aromatic N) is 1. The van der Waals surface area contributed by atoms with Gasteiger partial charge < -0.3 is 15.2 Å². The van der Waals surface area contributed by atoms with E-state index in [1.165, 1.54) is 11.1 Å². The normalized spacial score (nSPS) is 19.8. The highest BCUT2D eigenvalue weighted by molar-refractivity contribution is 5.85. The van der Waals surface area contributed by atoms with Crippen LogP contribution in [0.1, 0.15) is 24.0 Å². The van der Waals surface area contributed by atoms with Crippen LogP contribution in [0.25, 0.3) is 0 Å². The second kappa shape index (κ2) is 9.81. The van der Waals surface area contributed by atoms with Crippen LogP contribution in [0.15, 0.2) is 48.5 Å². The van der Waals surface area contributed by atoms with Gasteiger partial charge in [-0.2, -0.15) is 0 Å². The highest BCUT2D eigenvalue weighted by Gasteiger charge is 2.32. The third kappa shape index (κ3) is 4.70. The maximum absolute atomic E-state index is 6.05. The molecule has 142 valence electrons. The van der Waals surface area contributed by atoms with E-state index in [4.69, 9.17) is 15.2 Å². The molecule has 2 N–H and O–H groups in total. The molecule has 2 aromatic carbocycles. The van der Waals surface area contributed by atoms with Crippen LogP contribution in [0.4, 0.5) is 0 Å². The predicted octanol–water partition coefficient (Wildman–Crippen LogP) is 3.69. The molecule has 4 nitrogen and oxygen atoms in total. The number of rotatable bonds is 7. The fraction of sp³-hybridized carbons (Fsp3) is 0.429. The zero-order valence-electron chi connectivity index (χ0n) is 15.6. The van der Waals surface area contributed by atoms with Gasteiger partial charge >= 0.3 is 0 Å². The Kier molecular flexibility index (Phi) is 7.76. The van der Waals surface area contributed by atoms with Crippen LogP contribution in [-0.4, -0.2) is 38.3 Å². The van der Waals surface area contributed by atoms with E-state index < -0.39 is 0 Å². The Morgan fingerprint density at radius 3 is 2.50 bits per heavy atom. The van der Waals surface area contributed by atoms with E-state index in [1.54, 1.807) is 7.11 Å². The van der Waals surface area contributed by atoms with Crippen molar-refractivity contribution in [1.82, 2.24) is 4.90 Å². The van der Waals surface area contributed by atoms with Crippen LogP contribution in [0, 0.1) is 5.92 Å². The smallest absolute Gasteiger partial charge is 0.161 e. The number of methoxy groups -OCH3 is 1. The van der Waals surface area contributed by atoms with Gasteiger partial charge in [-0.1, -0.05) is 36.4 Å². The summed E-state index contributed by atoms with van der Waals surface area (Å²) < 4.78 is 11.1. The topological polar surface area (TPSA) is 47.7 Å². The molecule has 0 aromatic heterocycles. The molecule has 3 rings (SSSR count). The van der Waals surface area contributed by atoms with Gasteiger partial charge in [0.2, 0.25) is 0 Å². The predicted molar refractivity (Wildman–Crippen MR) is 108 cm³/mol. The summed E-state index contributed by atoms with van der Waals surface area (Å²) in [5.74, 6) is 2.62. The zero-order chi connectivity index (χ0) is 17.6. The molecule has 0 amide bonds. The van der Waals surface area contributed by atoms with Crippen molar-refractivity contribution in [2.75, 3.05) is 33.4 Å². The van der Waals surface area contributed by atoms with Crippen LogP contribution in [-0.2, 0) is 6.54 Å². The van der Waals surface area contributed by atoms with Gasteiger partial charge in [-0.05, 0) is 42.6 Å². The van der Waals surface area contributed by atoms with Crippen molar-refractivity contribution in [1.29, 1.82) is 0 Å².